The number of anilines is 1. The molecule has 0 amide bonds. The van der Waals surface area contributed by atoms with Crippen LogP contribution in [-0.4, -0.2) is 59.3 Å². The zero-order valence-electron chi connectivity index (χ0n) is 10.0. The lowest BCUT2D eigenvalue weighted by Gasteiger charge is -2.27. The summed E-state index contributed by atoms with van der Waals surface area (Å²) in [6.07, 6.45) is 1.52. The van der Waals surface area contributed by atoms with E-state index in [2.05, 4.69) is 9.97 Å². The second-order valence-electron chi connectivity index (χ2n) is 4.66. The van der Waals surface area contributed by atoms with E-state index >= 15 is 0 Å². The maximum absolute atomic E-state index is 13.1. The van der Waals surface area contributed by atoms with Crippen molar-refractivity contribution in [2.45, 2.75) is 18.6 Å². The number of likely N-dealkylation sites (N-methyl/N-ethyl adjacent to an activating group) is 1. The highest BCUT2D eigenvalue weighted by atomic mass is 19.1. The van der Waals surface area contributed by atoms with Crippen LogP contribution < -0.4 is 4.90 Å². The molecule has 0 radical (unpaired) electrons. The smallest absolute Gasteiger partial charge is 0.218 e. The Kier molecular flexibility index (Phi) is 3.54. The normalized spacial score (nSPS) is 24.6. The van der Waals surface area contributed by atoms with Gasteiger partial charge in [-0.2, -0.15) is 4.39 Å². The first-order valence-electron chi connectivity index (χ1n) is 5.63. The van der Waals surface area contributed by atoms with Gasteiger partial charge in [0.1, 0.15) is 12.1 Å². The second-order valence-corrected chi connectivity index (χ2v) is 4.66. The zero-order chi connectivity index (χ0) is 12.4. The van der Waals surface area contributed by atoms with E-state index in [9.17, 15) is 9.50 Å². The van der Waals surface area contributed by atoms with Crippen molar-refractivity contribution in [1.82, 2.24) is 14.9 Å². The van der Waals surface area contributed by atoms with Gasteiger partial charge in [0.2, 0.25) is 5.95 Å². The van der Waals surface area contributed by atoms with Gasteiger partial charge in [-0.3, -0.25) is 0 Å². The van der Waals surface area contributed by atoms with Crippen molar-refractivity contribution >= 4 is 5.82 Å². The van der Waals surface area contributed by atoms with Crippen LogP contribution in [0.25, 0.3) is 0 Å². The highest BCUT2D eigenvalue weighted by Gasteiger charge is 2.32. The average Bonchev–Trinajstić information content (AvgIpc) is 2.58. The van der Waals surface area contributed by atoms with Crippen LogP contribution in [0.3, 0.4) is 0 Å². The van der Waals surface area contributed by atoms with Gasteiger partial charge in [-0.1, -0.05) is 0 Å². The molecule has 1 saturated heterocycles. The van der Waals surface area contributed by atoms with Gasteiger partial charge in [0.15, 0.2) is 0 Å². The van der Waals surface area contributed by atoms with Gasteiger partial charge in [-0.05, 0) is 20.5 Å². The molecule has 0 unspecified atom stereocenters. The lowest BCUT2D eigenvalue weighted by atomic mass is 10.2. The van der Waals surface area contributed by atoms with Gasteiger partial charge in [0.05, 0.1) is 6.10 Å². The molecule has 5 nitrogen and oxygen atoms in total. The van der Waals surface area contributed by atoms with Gasteiger partial charge in [-0.15, -0.1) is 0 Å². The summed E-state index contributed by atoms with van der Waals surface area (Å²) in [5, 5.41) is 9.72. The first-order chi connectivity index (χ1) is 8.06. The van der Waals surface area contributed by atoms with E-state index in [1.54, 1.807) is 0 Å². The summed E-state index contributed by atoms with van der Waals surface area (Å²) in [5.41, 5.74) is 0. The molecule has 2 heterocycles. The Bertz CT molecular complexity index is 387. The SMILES string of the molecule is CN(C)C[C@H]1C[C@@H](O)CN1c1cc(F)ncn1. The lowest BCUT2D eigenvalue weighted by molar-refractivity contribution is 0.191. The molecular formula is C11H17FN4O. The summed E-state index contributed by atoms with van der Waals surface area (Å²) in [6.45, 7) is 1.30. The maximum atomic E-state index is 13.1. The van der Waals surface area contributed by atoms with E-state index in [-0.39, 0.29) is 12.1 Å². The maximum Gasteiger partial charge on any atom is 0.218 e. The molecule has 0 aliphatic carbocycles. The van der Waals surface area contributed by atoms with Gasteiger partial charge >= 0.3 is 0 Å². The lowest BCUT2D eigenvalue weighted by Crippen LogP contribution is -2.38. The second kappa shape index (κ2) is 4.93. The van der Waals surface area contributed by atoms with Crippen LogP contribution >= 0.6 is 0 Å². The number of rotatable bonds is 3. The quantitative estimate of drug-likeness (QED) is 0.760. The number of aliphatic hydroxyl groups is 1. The molecule has 0 spiro atoms. The van der Waals surface area contributed by atoms with Crippen molar-refractivity contribution in [2.75, 3.05) is 32.1 Å². The summed E-state index contributed by atoms with van der Waals surface area (Å²) >= 11 is 0. The molecule has 1 aliphatic heterocycles. The van der Waals surface area contributed by atoms with Crippen LogP contribution in [0.4, 0.5) is 10.2 Å². The van der Waals surface area contributed by atoms with Crippen LogP contribution in [0.5, 0.6) is 0 Å². The van der Waals surface area contributed by atoms with Crippen LogP contribution in [0, 0.1) is 5.95 Å². The summed E-state index contributed by atoms with van der Waals surface area (Å²) in [4.78, 5) is 11.5. The van der Waals surface area contributed by atoms with Crippen molar-refractivity contribution in [3.8, 4) is 0 Å². The zero-order valence-corrected chi connectivity index (χ0v) is 10.0. The van der Waals surface area contributed by atoms with E-state index in [0.29, 0.717) is 18.8 Å². The number of β-amino-alcohol motifs (C(OH)–C–C–N with tert-alkyl or cyclic N) is 1. The fourth-order valence-electron chi connectivity index (χ4n) is 2.25. The number of nitrogens with zero attached hydrogens (tertiary/aromatic N) is 4. The monoisotopic (exact) mass is 240 g/mol. The summed E-state index contributed by atoms with van der Waals surface area (Å²) in [6, 6.07) is 1.47. The molecule has 6 heteroatoms. The molecule has 1 fully saturated rings. The fourth-order valence-corrected chi connectivity index (χ4v) is 2.25. The first kappa shape index (κ1) is 12.2. The third-order valence-electron chi connectivity index (χ3n) is 2.88. The minimum absolute atomic E-state index is 0.161. The number of hydrogen-bond donors (Lipinski definition) is 1. The Morgan fingerprint density at radius 1 is 1.53 bits per heavy atom. The Labute approximate surface area is 99.9 Å². The molecule has 0 bridgehead atoms. The standard InChI is InChI=1S/C11H17FN4O/c1-15(2)5-8-3-9(17)6-16(8)11-4-10(12)13-7-14-11/h4,7-9,17H,3,5-6H2,1-2H3/t8-,9-/m1/s1. The van der Waals surface area contributed by atoms with Crippen LogP contribution in [0.1, 0.15) is 6.42 Å². The summed E-state index contributed by atoms with van der Waals surface area (Å²) in [5.74, 6) is 0.000827. The largest absolute Gasteiger partial charge is 0.391 e. The fraction of sp³-hybridized carbons (Fsp3) is 0.636. The molecule has 17 heavy (non-hydrogen) atoms. The number of halogens is 1. The van der Waals surface area contributed by atoms with E-state index in [1.165, 1.54) is 12.4 Å². The molecule has 1 aliphatic rings. The third kappa shape index (κ3) is 2.89. The van der Waals surface area contributed by atoms with E-state index in [0.717, 1.165) is 6.54 Å². The van der Waals surface area contributed by atoms with Crippen molar-refractivity contribution in [3.63, 3.8) is 0 Å². The molecule has 1 aromatic rings. The number of aliphatic hydroxyl groups excluding tert-OH is 1. The predicted octanol–water partition coefficient (Wildman–Crippen LogP) is 0.117. The molecule has 0 aromatic carbocycles. The van der Waals surface area contributed by atoms with Gasteiger partial charge in [0.25, 0.3) is 0 Å². The van der Waals surface area contributed by atoms with E-state index < -0.39 is 5.95 Å². The highest BCUT2D eigenvalue weighted by molar-refractivity contribution is 5.40. The number of hydrogen-bond acceptors (Lipinski definition) is 5. The summed E-state index contributed by atoms with van der Waals surface area (Å²) in [7, 11) is 3.95. The van der Waals surface area contributed by atoms with E-state index in [4.69, 9.17) is 0 Å². The van der Waals surface area contributed by atoms with Crippen molar-refractivity contribution in [3.05, 3.63) is 18.3 Å². The molecule has 1 aromatic heterocycles. The molecular weight excluding hydrogens is 223 g/mol. The summed E-state index contributed by atoms with van der Waals surface area (Å²) < 4.78 is 13.1. The topological polar surface area (TPSA) is 52.5 Å². The van der Waals surface area contributed by atoms with Crippen LogP contribution in [-0.2, 0) is 0 Å². The Hall–Kier alpha value is -1.27. The predicted molar refractivity (Wildman–Crippen MR) is 62.3 cm³/mol. The molecule has 1 N–H and O–H groups in total. The Balaban J connectivity index is 2.17. The molecule has 2 atom stereocenters. The van der Waals surface area contributed by atoms with Crippen LogP contribution in [0.2, 0.25) is 0 Å². The minimum Gasteiger partial charge on any atom is -0.391 e. The van der Waals surface area contributed by atoms with Crippen molar-refractivity contribution < 1.29 is 9.50 Å². The Morgan fingerprint density at radius 3 is 2.94 bits per heavy atom. The highest BCUT2D eigenvalue weighted by Crippen LogP contribution is 2.24. The van der Waals surface area contributed by atoms with Crippen molar-refractivity contribution in [1.29, 1.82) is 0 Å². The third-order valence-corrected chi connectivity index (χ3v) is 2.88. The average molecular weight is 240 g/mol. The molecule has 2 rings (SSSR count). The first-order valence-corrected chi connectivity index (χ1v) is 5.63. The van der Waals surface area contributed by atoms with E-state index in [1.807, 2.05) is 23.9 Å². The number of aromatic nitrogens is 2. The van der Waals surface area contributed by atoms with Crippen molar-refractivity contribution in [2.24, 2.45) is 0 Å². The van der Waals surface area contributed by atoms with Gasteiger partial charge < -0.3 is 14.9 Å². The molecule has 94 valence electrons. The Morgan fingerprint density at radius 2 is 2.29 bits per heavy atom. The van der Waals surface area contributed by atoms with Gasteiger partial charge in [0, 0.05) is 25.2 Å². The van der Waals surface area contributed by atoms with Gasteiger partial charge in [-0.25, -0.2) is 9.97 Å². The van der Waals surface area contributed by atoms with Crippen LogP contribution in [0.15, 0.2) is 12.4 Å². The minimum atomic E-state index is -0.542. The molecule has 0 saturated carbocycles.